The number of carbonyl (C=O) groups excluding carboxylic acids is 1. The number of rotatable bonds is 7. The number of hydrogen-bond acceptors (Lipinski definition) is 4. The van der Waals surface area contributed by atoms with Crippen LogP contribution in [0.2, 0.25) is 0 Å². The standard InChI is InChI=1S/C15H28N2O3.ClH/c1-19-11-8-16-12-15(18)17-9-6-14(7-10-17)20-13-4-2-3-5-13;/h13-14,16H,2-12H2,1H3;1H. The number of nitrogens with zero attached hydrogens (tertiary/aromatic N) is 1. The van der Waals surface area contributed by atoms with Gasteiger partial charge in [-0.05, 0) is 25.7 Å². The van der Waals surface area contributed by atoms with Crippen molar-refractivity contribution in [3.05, 3.63) is 0 Å². The predicted molar refractivity (Wildman–Crippen MR) is 84.9 cm³/mol. The second-order valence-electron chi connectivity index (χ2n) is 5.79. The van der Waals surface area contributed by atoms with Gasteiger partial charge in [0.2, 0.25) is 5.91 Å². The number of likely N-dealkylation sites (tertiary alicyclic amines) is 1. The van der Waals surface area contributed by atoms with E-state index in [1.54, 1.807) is 7.11 Å². The number of nitrogens with one attached hydrogen (secondary N) is 1. The van der Waals surface area contributed by atoms with E-state index in [9.17, 15) is 4.79 Å². The van der Waals surface area contributed by atoms with Gasteiger partial charge in [0.15, 0.2) is 0 Å². The van der Waals surface area contributed by atoms with Gasteiger partial charge in [-0.25, -0.2) is 0 Å². The highest BCUT2D eigenvalue weighted by molar-refractivity contribution is 5.85. The molecule has 5 nitrogen and oxygen atoms in total. The first-order valence-electron chi connectivity index (χ1n) is 7.92. The Morgan fingerprint density at radius 2 is 1.76 bits per heavy atom. The van der Waals surface area contributed by atoms with Crippen LogP contribution in [-0.4, -0.2) is 62.9 Å². The molecule has 6 heteroatoms. The second-order valence-corrected chi connectivity index (χ2v) is 5.79. The van der Waals surface area contributed by atoms with Gasteiger partial charge in [0.25, 0.3) is 0 Å². The Morgan fingerprint density at radius 3 is 2.38 bits per heavy atom. The molecule has 21 heavy (non-hydrogen) atoms. The van der Waals surface area contributed by atoms with E-state index in [-0.39, 0.29) is 18.3 Å². The summed E-state index contributed by atoms with van der Waals surface area (Å²) in [4.78, 5) is 13.9. The van der Waals surface area contributed by atoms with Crippen molar-refractivity contribution >= 4 is 18.3 Å². The molecule has 0 aromatic carbocycles. The Labute approximate surface area is 134 Å². The third-order valence-corrected chi connectivity index (χ3v) is 4.24. The molecule has 1 N–H and O–H groups in total. The molecule has 2 rings (SSSR count). The van der Waals surface area contributed by atoms with Gasteiger partial charge >= 0.3 is 0 Å². The summed E-state index contributed by atoms with van der Waals surface area (Å²) in [6.45, 7) is 3.45. The van der Waals surface area contributed by atoms with Crippen LogP contribution in [0.3, 0.4) is 0 Å². The lowest BCUT2D eigenvalue weighted by Crippen LogP contribution is -2.45. The van der Waals surface area contributed by atoms with E-state index in [4.69, 9.17) is 9.47 Å². The van der Waals surface area contributed by atoms with E-state index < -0.39 is 0 Å². The molecule has 2 fully saturated rings. The number of halogens is 1. The fourth-order valence-corrected chi connectivity index (χ4v) is 3.02. The van der Waals surface area contributed by atoms with Crippen molar-refractivity contribution in [2.45, 2.75) is 50.7 Å². The molecule has 0 atom stereocenters. The van der Waals surface area contributed by atoms with E-state index in [0.717, 1.165) is 32.5 Å². The maximum Gasteiger partial charge on any atom is 0.236 e. The highest BCUT2D eigenvalue weighted by atomic mass is 35.5. The Balaban J connectivity index is 0.00000220. The Bertz CT molecular complexity index is 291. The molecule has 1 aliphatic heterocycles. The minimum atomic E-state index is 0. The molecule has 1 saturated heterocycles. The number of methoxy groups -OCH3 is 1. The first kappa shape index (κ1) is 18.7. The van der Waals surface area contributed by atoms with Crippen LogP contribution in [0, 0.1) is 0 Å². The number of ether oxygens (including phenoxy) is 2. The Hall–Kier alpha value is -0.360. The minimum absolute atomic E-state index is 0. The topological polar surface area (TPSA) is 50.8 Å². The molecular weight excluding hydrogens is 292 g/mol. The molecular formula is C15H29ClN2O3. The number of amides is 1. The summed E-state index contributed by atoms with van der Waals surface area (Å²) in [6.07, 6.45) is 7.90. The van der Waals surface area contributed by atoms with Gasteiger partial charge in [-0.3, -0.25) is 4.79 Å². The van der Waals surface area contributed by atoms with Crippen LogP contribution < -0.4 is 5.32 Å². The normalized spacial score (nSPS) is 20.5. The molecule has 0 aromatic heterocycles. The SMILES string of the molecule is COCCNCC(=O)N1CCC(OC2CCCC2)CC1.Cl. The second kappa shape index (κ2) is 10.4. The molecule has 0 aromatic rings. The lowest BCUT2D eigenvalue weighted by Gasteiger charge is -2.33. The molecule has 1 aliphatic carbocycles. The van der Waals surface area contributed by atoms with Crippen LogP contribution in [0.25, 0.3) is 0 Å². The molecule has 1 saturated carbocycles. The number of piperidine rings is 1. The van der Waals surface area contributed by atoms with Crippen molar-refractivity contribution in [2.75, 3.05) is 39.9 Å². The number of carbonyl (C=O) groups is 1. The smallest absolute Gasteiger partial charge is 0.236 e. The highest BCUT2D eigenvalue weighted by Gasteiger charge is 2.26. The number of hydrogen-bond donors (Lipinski definition) is 1. The highest BCUT2D eigenvalue weighted by Crippen LogP contribution is 2.25. The Kier molecular flexibility index (Phi) is 9.24. The lowest BCUT2D eigenvalue weighted by atomic mass is 10.1. The molecule has 124 valence electrons. The van der Waals surface area contributed by atoms with E-state index >= 15 is 0 Å². The van der Waals surface area contributed by atoms with E-state index in [1.807, 2.05) is 4.90 Å². The van der Waals surface area contributed by atoms with Gasteiger partial charge in [0.1, 0.15) is 0 Å². The maximum absolute atomic E-state index is 12.0. The predicted octanol–water partition coefficient (Wildman–Crippen LogP) is 1.59. The van der Waals surface area contributed by atoms with Crippen molar-refractivity contribution in [1.29, 1.82) is 0 Å². The van der Waals surface area contributed by atoms with Crippen molar-refractivity contribution in [3.8, 4) is 0 Å². The summed E-state index contributed by atoms with van der Waals surface area (Å²) in [5.41, 5.74) is 0. The summed E-state index contributed by atoms with van der Waals surface area (Å²) in [5.74, 6) is 0.195. The summed E-state index contributed by atoms with van der Waals surface area (Å²) < 4.78 is 11.1. The molecule has 0 spiro atoms. The van der Waals surface area contributed by atoms with Crippen molar-refractivity contribution < 1.29 is 14.3 Å². The van der Waals surface area contributed by atoms with Gasteiger partial charge in [-0.2, -0.15) is 0 Å². The van der Waals surface area contributed by atoms with Crippen LogP contribution in [0.5, 0.6) is 0 Å². The van der Waals surface area contributed by atoms with Gasteiger partial charge in [0.05, 0.1) is 25.4 Å². The third kappa shape index (κ3) is 6.51. The van der Waals surface area contributed by atoms with Gasteiger partial charge in [-0.15, -0.1) is 12.4 Å². The average Bonchev–Trinajstić information content (AvgIpc) is 2.97. The molecule has 0 bridgehead atoms. The zero-order valence-corrected chi connectivity index (χ0v) is 13.8. The third-order valence-electron chi connectivity index (χ3n) is 4.24. The average molecular weight is 321 g/mol. The maximum atomic E-state index is 12.0. The first-order chi connectivity index (χ1) is 9.79. The summed E-state index contributed by atoms with van der Waals surface area (Å²) in [6, 6.07) is 0. The van der Waals surface area contributed by atoms with Crippen LogP contribution in [0.1, 0.15) is 38.5 Å². The summed E-state index contributed by atoms with van der Waals surface area (Å²) >= 11 is 0. The van der Waals surface area contributed by atoms with E-state index in [2.05, 4.69) is 5.32 Å². The van der Waals surface area contributed by atoms with E-state index in [0.29, 0.717) is 25.4 Å². The van der Waals surface area contributed by atoms with Gasteiger partial charge < -0.3 is 19.7 Å². The lowest BCUT2D eigenvalue weighted by molar-refractivity contribution is -0.133. The monoisotopic (exact) mass is 320 g/mol. The van der Waals surface area contributed by atoms with Crippen molar-refractivity contribution in [1.82, 2.24) is 10.2 Å². The van der Waals surface area contributed by atoms with Gasteiger partial charge in [-0.1, -0.05) is 12.8 Å². The van der Waals surface area contributed by atoms with Crippen LogP contribution in [-0.2, 0) is 14.3 Å². The van der Waals surface area contributed by atoms with Crippen LogP contribution >= 0.6 is 12.4 Å². The molecule has 1 amide bonds. The van der Waals surface area contributed by atoms with Crippen LogP contribution in [0.4, 0.5) is 0 Å². The largest absolute Gasteiger partial charge is 0.383 e. The zero-order valence-electron chi connectivity index (χ0n) is 13.0. The van der Waals surface area contributed by atoms with Crippen LogP contribution in [0.15, 0.2) is 0 Å². The summed E-state index contributed by atoms with van der Waals surface area (Å²) in [5, 5.41) is 3.11. The van der Waals surface area contributed by atoms with Crippen molar-refractivity contribution in [3.63, 3.8) is 0 Å². The molecule has 2 aliphatic rings. The molecule has 0 radical (unpaired) electrons. The summed E-state index contributed by atoms with van der Waals surface area (Å²) in [7, 11) is 1.67. The molecule has 0 unspecified atom stereocenters. The quantitative estimate of drug-likeness (QED) is 0.724. The fraction of sp³-hybridized carbons (Fsp3) is 0.933. The van der Waals surface area contributed by atoms with Gasteiger partial charge in [0, 0.05) is 26.7 Å². The Morgan fingerprint density at radius 1 is 1.14 bits per heavy atom. The zero-order chi connectivity index (χ0) is 14.2. The van der Waals surface area contributed by atoms with Crippen molar-refractivity contribution in [2.24, 2.45) is 0 Å². The first-order valence-corrected chi connectivity index (χ1v) is 7.92. The minimum Gasteiger partial charge on any atom is -0.383 e. The fourth-order valence-electron chi connectivity index (χ4n) is 3.02. The molecule has 1 heterocycles. The van der Waals surface area contributed by atoms with E-state index in [1.165, 1.54) is 25.7 Å².